The average molecular weight is 427 g/mol. The van der Waals surface area contributed by atoms with Gasteiger partial charge in [-0.2, -0.15) is 0 Å². The smallest absolute Gasteiger partial charge is 0.407 e. The van der Waals surface area contributed by atoms with Crippen LogP contribution in [-0.2, 0) is 15.3 Å². The van der Waals surface area contributed by atoms with Crippen molar-refractivity contribution >= 4 is 29.4 Å². The molecule has 2 aliphatic heterocycles. The van der Waals surface area contributed by atoms with Gasteiger partial charge in [-0.05, 0) is 44.5 Å². The van der Waals surface area contributed by atoms with Gasteiger partial charge in [-0.15, -0.1) is 11.8 Å². The summed E-state index contributed by atoms with van der Waals surface area (Å²) in [5, 5.41) is 2.84. The monoisotopic (exact) mass is 426 g/mol. The molecule has 30 heavy (non-hydrogen) atoms. The molecule has 0 aromatic heterocycles. The van der Waals surface area contributed by atoms with Crippen molar-refractivity contribution in [1.29, 1.82) is 0 Å². The molecule has 0 bridgehead atoms. The third-order valence-corrected chi connectivity index (χ3v) is 6.08. The molecular weight excluding hydrogens is 400 g/mol. The topological polar surface area (TPSA) is 67.9 Å². The number of nitrogens with one attached hydrogen (secondary N) is 1. The third-order valence-electron chi connectivity index (χ3n) is 5.01. The first-order valence-electron chi connectivity index (χ1n) is 10.1. The van der Waals surface area contributed by atoms with E-state index in [0.717, 1.165) is 16.3 Å². The fraction of sp³-hybridized carbons (Fsp3) is 0.391. The lowest BCUT2D eigenvalue weighted by Crippen LogP contribution is -2.51. The number of fused-ring (bicyclic) bond motifs is 3. The molecule has 158 valence electrons. The van der Waals surface area contributed by atoms with Gasteiger partial charge in [-0.3, -0.25) is 4.79 Å². The first-order valence-corrected chi connectivity index (χ1v) is 11.0. The molecule has 1 fully saturated rings. The van der Waals surface area contributed by atoms with Gasteiger partial charge in [0.1, 0.15) is 18.0 Å². The summed E-state index contributed by atoms with van der Waals surface area (Å²) in [6.45, 7) is 5.77. The molecule has 1 saturated heterocycles. The number of alkyl carbamates (subject to hydrolysis) is 1. The van der Waals surface area contributed by atoms with Gasteiger partial charge in [0.2, 0.25) is 5.91 Å². The predicted molar refractivity (Wildman–Crippen MR) is 117 cm³/mol. The van der Waals surface area contributed by atoms with Crippen molar-refractivity contribution < 1.29 is 19.1 Å². The second-order valence-corrected chi connectivity index (χ2v) is 9.55. The van der Waals surface area contributed by atoms with Crippen LogP contribution in [0.2, 0.25) is 0 Å². The summed E-state index contributed by atoms with van der Waals surface area (Å²) < 4.78 is 11.3. The van der Waals surface area contributed by atoms with Crippen LogP contribution >= 0.6 is 11.8 Å². The zero-order valence-corrected chi connectivity index (χ0v) is 18.2. The molecule has 2 aromatic rings. The van der Waals surface area contributed by atoms with E-state index in [4.69, 9.17) is 9.47 Å². The van der Waals surface area contributed by atoms with Crippen molar-refractivity contribution in [3.63, 3.8) is 0 Å². The molecule has 4 rings (SSSR count). The van der Waals surface area contributed by atoms with Gasteiger partial charge >= 0.3 is 6.09 Å². The van der Waals surface area contributed by atoms with E-state index in [2.05, 4.69) is 17.4 Å². The van der Waals surface area contributed by atoms with E-state index in [0.29, 0.717) is 12.4 Å². The van der Waals surface area contributed by atoms with Gasteiger partial charge in [0.15, 0.2) is 0 Å². The first kappa shape index (κ1) is 20.6. The van der Waals surface area contributed by atoms with Crippen molar-refractivity contribution in [1.82, 2.24) is 5.32 Å². The lowest BCUT2D eigenvalue weighted by Gasteiger charge is -2.34. The van der Waals surface area contributed by atoms with E-state index in [1.54, 1.807) is 16.7 Å². The standard InChI is InChI=1S/C23H26N2O4S/c1-23(2,3)29-22(27)24-17-12-21(26)25-18-10-9-16(11-20(18)28-13-19(17)25)30-14-15-7-5-4-6-8-15/h4-11,17,19H,12-14H2,1-3H3,(H,24,27). The molecule has 0 radical (unpaired) electrons. The minimum absolute atomic E-state index is 0.0182. The molecule has 2 heterocycles. The van der Waals surface area contributed by atoms with Gasteiger partial charge in [0, 0.05) is 17.1 Å². The summed E-state index contributed by atoms with van der Waals surface area (Å²) in [5.41, 5.74) is 1.43. The lowest BCUT2D eigenvalue weighted by atomic mass is 10.1. The maximum Gasteiger partial charge on any atom is 0.407 e. The zero-order valence-electron chi connectivity index (χ0n) is 17.4. The molecule has 2 atom stereocenters. The highest BCUT2D eigenvalue weighted by molar-refractivity contribution is 7.98. The fourth-order valence-corrected chi connectivity index (χ4v) is 4.59. The lowest BCUT2D eigenvalue weighted by molar-refractivity contribution is -0.117. The fourth-order valence-electron chi connectivity index (χ4n) is 3.71. The number of amides is 2. The largest absolute Gasteiger partial charge is 0.489 e. The van der Waals surface area contributed by atoms with E-state index in [9.17, 15) is 9.59 Å². The Morgan fingerprint density at radius 2 is 2.00 bits per heavy atom. The van der Waals surface area contributed by atoms with Crippen molar-refractivity contribution in [2.45, 2.75) is 55.5 Å². The maximum atomic E-state index is 12.7. The average Bonchev–Trinajstić information content (AvgIpc) is 3.01. The number of benzene rings is 2. The summed E-state index contributed by atoms with van der Waals surface area (Å²) in [6.07, 6.45) is -0.280. The molecule has 7 heteroatoms. The summed E-state index contributed by atoms with van der Waals surface area (Å²) >= 11 is 1.73. The number of hydrogen-bond donors (Lipinski definition) is 1. The van der Waals surface area contributed by atoms with E-state index < -0.39 is 11.7 Å². The summed E-state index contributed by atoms with van der Waals surface area (Å²) in [7, 11) is 0. The molecule has 2 aromatic carbocycles. The summed E-state index contributed by atoms with van der Waals surface area (Å²) in [4.78, 5) is 27.7. The Morgan fingerprint density at radius 3 is 2.73 bits per heavy atom. The van der Waals surface area contributed by atoms with E-state index in [-0.39, 0.29) is 24.4 Å². The number of ether oxygens (including phenoxy) is 2. The van der Waals surface area contributed by atoms with Crippen LogP contribution in [0.1, 0.15) is 32.8 Å². The predicted octanol–water partition coefficient (Wildman–Crippen LogP) is 4.37. The van der Waals surface area contributed by atoms with E-state index in [1.807, 2.05) is 57.2 Å². The second-order valence-electron chi connectivity index (χ2n) is 8.50. The van der Waals surface area contributed by atoms with Crippen molar-refractivity contribution in [3.8, 4) is 5.75 Å². The second kappa shape index (κ2) is 8.22. The van der Waals surface area contributed by atoms with Crippen molar-refractivity contribution in [3.05, 3.63) is 54.1 Å². The quantitative estimate of drug-likeness (QED) is 0.736. The zero-order chi connectivity index (χ0) is 21.3. The number of anilines is 1. The SMILES string of the molecule is CC(C)(C)OC(=O)NC1CC(=O)N2c3ccc(SCc4ccccc4)cc3OCC12. The molecule has 6 nitrogen and oxygen atoms in total. The van der Waals surface area contributed by atoms with Crippen LogP contribution in [0.5, 0.6) is 5.75 Å². The van der Waals surface area contributed by atoms with Gasteiger partial charge in [0.05, 0.1) is 17.8 Å². The van der Waals surface area contributed by atoms with Crippen LogP contribution in [0, 0.1) is 0 Å². The number of hydrogen-bond acceptors (Lipinski definition) is 5. The Balaban J connectivity index is 1.45. The highest BCUT2D eigenvalue weighted by Gasteiger charge is 2.45. The Kier molecular flexibility index (Phi) is 5.64. The number of carbonyl (C=O) groups excluding carboxylic acids is 2. The molecule has 2 aliphatic rings. The van der Waals surface area contributed by atoms with Gasteiger partial charge < -0.3 is 19.7 Å². The Morgan fingerprint density at radius 1 is 1.23 bits per heavy atom. The minimum atomic E-state index is -0.587. The van der Waals surface area contributed by atoms with Crippen LogP contribution in [0.3, 0.4) is 0 Å². The number of carbonyl (C=O) groups is 2. The van der Waals surface area contributed by atoms with Gasteiger partial charge in [-0.25, -0.2) is 4.79 Å². The highest BCUT2D eigenvalue weighted by atomic mass is 32.2. The molecular formula is C23H26N2O4S. The molecule has 0 aliphatic carbocycles. The maximum absolute atomic E-state index is 12.7. The summed E-state index contributed by atoms with van der Waals surface area (Å²) in [5.74, 6) is 1.55. The van der Waals surface area contributed by atoms with Crippen LogP contribution in [-0.4, -0.2) is 36.3 Å². The van der Waals surface area contributed by atoms with Crippen molar-refractivity contribution in [2.75, 3.05) is 11.5 Å². The normalized spacial score (nSPS) is 20.2. The van der Waals surface area contributed by atoms with Gasteiger partial charge in [0.25, 0.3) is 0 Å². The summed E-state index contributed by atoms with van der Waals surface area (Å²) in [6, 6.07) is 15.6. The van der Waals surface area contributed by atoms with Crippen LogP contribution in [0.15, 0.2) is 53.4 Å². The molecule has 2 unspecified atom stereocenters. The van der Waals surface area contributed by atoms with Crippen LogP contribution in [0.25, 0.3) is 0 Å². The molecule has 0 saturated carbocycles. The van der Waals surface area contributed by atoms with Crippen LogP contribution < -0.4 is 15.0 Å². The minimum Gasteiger partial charge on any atom is -0.489 e. The molecule has 2 amide bonds. The van der Waals surface area contributed by atoms with Crippen LogP contribution in [0.4, 0.5) is 10.5 Å². The highest BCUT2D eigenvalue weighted by Crippen LogP contribution is 2.41. The number of nitrogens with zero attached hydrogens (tertiary/aromatic N) is 1. The third kappa shape index (κ3) is 4.56. The van der Waals surface area contributed by atoms with E-state index in [1.165, 1.54) is 5.56 Å². The molecule has 1 N–H and O–H groups in total. The first-order chi connectivity index (χ1) is 14.3. The molecule has 0 spiro atoms. The Labute approximate surface area is 180 Å². The van der Waals surface area contributed by atoms with Crippen molar-refractivity contribution in [2.24, 2.45) is 0 Å². The Hall–Kier alpha value is -2.67. The Bertz CT molecular complexity index is 942. The van der Waals surface area contributed by atoms with E-state index >= 15 is 0 Å². The number of rotatable bonds is 4. The van der Waals surface area contributed by atoms with Gasteiger partial charge in [-0.1, -0.05) is 30.3 Å². The number of thioether (sulfide) groups is 1.